The molecule has 4 rings (SSSR count). The maximum Gasteiger partial charge on any atom is 0.295 e. The van der Waals surface area contributed by atoms with Crippen LogP contribution in [0.25, 0.3) is 5.76 Å². The van der Waals surface area contributed by atoms with E-state index in [1.165, 1.54) is 0 Å². The summed E-state index contributed by atoms with van der Waals surface area (Å²) in [6, 6.07) is 25.9. The van der Waals surface area contributed by atoms with Gasteiger partial charge in [0.05, 0.1) is 11.6 Å². The number of Topliss-reactive ketones (excluding diaryl/α,β-unsaturated/α-hetero) is 1. The lowest BCUT2D eigenvalue weighted by molar-refractivity contribution is -0.139. The molecule has 3 aromatic rings. The largest absolute Gasteiger partial charge is 0.507 e. The van der Waals surface area contributed by atoms with E-state index in [9.17, 15) is 14.7 Å². The molecule has 1 amide bonds. The third-order valence-electron chi connectivity index (χ3n) is 5.46. The van der Waals surface area contributed by atoms with Crippen molar-refractivity contribution in [3.63, 3.8) is 0 Å². The number of carbonyl (C=O) groups excluding carboxylic acids is 2. The van der Waals surface area contributed by atoms with Crippen LogP contribution >= 0.6 is 0 Å². The molecule has 30 heavy (non-hydrogen) atoms. The van der Waals surface area contributed by atoms with Crippen LogP contribution in [0.15, 0.2) is 90.5 Å². The van der Waals surface area contributed by atoms with Gasteiger partial charge in [-0.25, -0.2) is 0 Å². The Bertz CT molecular complexity index is 1090. The fourth-order valence-electron chi connectivity index (χ4n) is 3.85. The zero-order valence-electron chi connectivity index (χ0n) is 16.8. The van der Waals surface area contributed by atoms with Crippen molar-refractivity contribution >= 4 is 17.4 Å². The molecule has 1 saturated heterocycles. The first-order valence-corrected chi connectivity index (χ1v) is 10.0. The Kier molecular flexibility index (Phi) is 5.48. The van der Waals surface area contributed by atoms with Crippen LogP contribution in [-0.4, -0.2) is 28.2 Å². The summed E-state index contributed by atoms with van der Waals surface area (Å²) >= 11 is 0. The lowest BCUT2D eigenvalue weighted by atomic mass is 9.94. The van der Waals surface area contributed by atoms with Crippen LogP contribution in [0.3, 0.4) is 0 Å². The molecule has 0 aromatic heterocycles. The van der Waals surface area contributed by atoms with Gasteiger partial charge in [0.25, 0.3) is 11.7 Å². The molecular formula is C26H23NO3. The maximum absolute atomic E-state index is 13.0. The average Bonchev–Trinajstić information content (AvgIpc) is 3.04. The first kappa shape index (κ1) is 19.6. The van der Waals surface area contributed by atoms with E-state index in [0.717, 1.165) is 16.7 Å². The van der Waals surface area contributed by atoms with Crippen molar-refractivity contribution in [2.75, 3.05) is 6.54 Å². The number of amides is 1. The van der Waals surface area contributed by atoms with E-state index in [4.69, 9.17) is 0 Å². The van der Waals surface area contributed by atoms with E-state index in [1.807, 2.05) is 67.6 Å². The molecule has 4 nitrogen and oxygen atoms in total. The first-order valence-electron chi connectivity index (χ1n) is 10.0. The van der Waals surface area contributed by atoms with Gasteiger partial charge in [-0.1, -0.05) is 90.5 Å². The van der Waals surface area contributed by atoms with Crippen molar-refractivity contribution in [2.24, 2.45) is 0 Å². The molecule has 0 radical (unpaired) electrons. The van der Waals surface area contributed by atoms with Gasteiger partial charge < -0.3 is 10.0 Å². The quantitative estimate of drug-likeness (QED) is 0.387. The molecule has 0 aliphatic carbocycles. The van der Waals surface area contributed by atoms with Crippen LogP contribution in [0.1, 0.15) is 28.3 Å². The fourth-order valence-corrected chi connectivity index (χ4v) is 3.85. The highest BCUT2D eigenvalue weighted by Crippen LogP contribution is 2.39. The Morgan fingerprint density at radius 3 is 2.10 bits per heavy atom. The van der Waals surface area contributed by atoms with Gasteiger partial charge in [0.15, 0.2) is 0 Å². The molecule has 1 heterocycles. The van der Waals surface area contributed by atoms with Crippen LogP contribution < -0.4 is 0 Å². The molecule has 1 aliphatic heterocycles. The molecule has 3 aromatic carbocycles. The van der Waals surface area contributed by atoms with E-state index in [1.54, 1.807) is 29.2 Å². The fraction of sp³-hybridized carbons (Fsp3) is 0.154. The summed E-state index contributed by atoms with van der Waals surface area (Å²) in [5, 5.41) is 11.0. The summed E-state index contributed by atoms with van der Waals surface area (Å²) in [6.45, 7) is 2.37. The second-order valence-electron chi connectivity index (χ2n) is 7.50. The minimum atomic E-state index is -0.644. The lowest BCUT2D eigenvalue weighted by Gasteiger charge is -2.25. The minimum Gasteiger partial charge on any atom is -0.507 e. The monoisotopic (exact) mass is 397 g/mol. The molecule has 0 bridgehead atoms. The number of benzene rings is 3. The van der Waals surface area contributed by atoms with Crippen LogP contribution in [0.4, 0.5) is 0 Å². The van der Waals surface area contributed by atoms with Crippen LogP contribution in [0, 0.1) is 6.92 Å². The predicted octanol–water partition coefficient (Wildman–Crippen LogP) is 4.66. The average molecular weight is 397 g/mol. The van der Waals surface area contributed by atoms with Gasteiger partial charge in [0.1, 0.15) is 5.76 Å². The predicted molar refractivity (Wildman–Crippen MR) is 117 cm³/mol. The molecule has 0 spiro atoms. The van der Waals surface area contributed by atoms with Gasteiger partial charge in [-0.15, -0.1) is 0 Å². The SMILES string of the molecule is Cc1ccc([C@@H]2C(=C(O)c3ccccc3)C(=O)C(=O)N2CCc2ccccc2)cc1. The Morgan fingerprint density at radius 2 is 1.47 bits per heavy atom. The normalized spacial score (nSPS) is 18.0. The third-order valence-corrected chi connectivity index (χ3v) is 5.46. The number of carbonyl (C=O) groups is 2. The summed E-state index contributed by atoms with van der Waals surface area (Å²) in [4.78, 5) is 27.5. The molecule has 150 valence electrons. The van der Waals surface area contributed by atoms with Crippen LogP contribution in [-0.2, 0) is 16.0 Å². The van der Waals surface area contributed by atoms with Crippen molar-refractivity contribution in [2.45, 2.75) is 19.4 Å². The number of nitrogens with zero attached hydrogens (tertiary/aromatic N) is 1. The van der Waals surface area contributed by atoms with Gasteiger partial charge in [-0.05, 0) is 24.5 Å². The molecule has 0 saturated carbocycles. The maximum atomic E-state index is 13.0. The Labute approximate surface area is 176 Å². The number of hydrogen-bond acceptors (Lipinski definition) is 3. The highest BCUT2D eigenvalue weighted by molar-refractivity contribution is 6.46. The molecule has 1 atom stereocenters. The smallest absolute Gasteiger partial charge is 0.295 e. The summed E-state index contributed by atoms with van der Waals surface area (Å²) < 4.78 is 0. The highest BCUT2D eigenvalue weighted by atomic mass is 16.3. The number of hydrogen-bond donors (Lipinski definition) is 1. The molecule has 1 fully saturated rings. The summed E-state index contributed by atoms with van der Waals surface area (Å²) in [5.74, 6) is -1.36. The second kappa shape index (κ2) is 8.37. The van der Waals surface area contributed by atoms with Gasteiger partial charge >= 0.3 is 0 Å². The van der Waals surface area contributed by atoms with Crippen LogP contribution in [0.5, 0.6) is 0 Å². The molecule has 4 heteroatoms. The number of rotatable bonds is 5. The van der Waals surface area contributed by atoms with Gasteiger partial charge in [0, 0.05) is 12.1 Å². The topological polar surface area (TPSA) is 57.6 Å². The Morgan fingerprint density at radius 1 is 0.867 bits per heavy atom. The number of aliphatic hydroxyl groups is 1. The minimum absolute atomic E-state index is 0.137. The lowest BCUT2D eigenvalue weighted by Crippen LogP contribution is -2.31. The van der Waals surface area contributed by atoms with E-state index in [0.29, 0.717) is 18.5 Å². The summed E-state index contributed by atoms with van der Waals surface area (Å²) in [5.41, 5.74) is 3.65. The molecule has 1 aliphatic rings. The van der Waals surface area contributed by atoms with E-state index < -0.39 is 17.7 Å². The first-order chi connectivity index (χ1) is 14.6. The molecule has 1 N–H and O–H groups in total. The van der Waals surface area contributed by atoms with Gasteiger partial charge in [-0.3, -0.25) is 9.59 Å². The zero-order chi connectivity index (χ0) is 21.1. The summed E-state index contributed by atoms with van der Waals surface area (Å²) in [7, 11) is 0. The van der Waals surface area contributed by atoms with Crippen molar-refractivity contribution in [3.8, 4) is 0 Å². The number of aliphatic hydroxyl groups excluding tert-OH is 1. The Balaban J connectivity index is 1.78. The molecular weight excluding hydrogens is 374 g/mol. The standard InChI is InChI=1S/C26H23NO3/c1-18-12-14-20(15-13-18)23-22(24(28)21-10-6-3-7-11-21)25(29)26(30)27(23)17-16-19-8-4-2-5-9-19/h2-15,23,28H,16-17H2,1H3/t23-/m1/s1. The van der Waals surface area contributed by atoms with E-state index >= 15 is 0 Å². The van der Waals surface area contributed by atoms with Crippen LogP contribution in [0.2, 0.25) is 0 Å². The van der Waals surface area contributed by atoms with E-state index in [2.05, 4.69) is 0 Å². The van der Waals surface area contributed by atoms with E-state index in [-0.39, 0.29) is 11.3 Å². The third kappa shape index (κ3) is 3.77. The Hall–Kier alpha value is -3.66. The van der Waals surface area contributed by atoms with Gasteiger partial charge in [-0.2, -0.15) is 0 Å². The molecule has 0 unspecified atom stereocenters. The summed E-state index contributed by atoms with van der Waals surface area (Å²) in [6.07, 6.45) is 0.627. The number of aryl methyl sites for hydroxylation is 1. The van der Waals surface area contributed by atoms with Crippen molar-refractivity contribution in [1.82, 2.24) is 4.90 Å². The van der Waals surface area contributed by atoms with Gasteiger partial charge in [0.2, 0.25) is 0 Å². The van der Waals surface area contributed by atoms with Crippen molar-refractivity contribution in [1.29, 1.82) is 0 Å². The number of likely N-dealkylation sites (tertiary alicyclic amines) is 1. The zero-order valence-corrected chi connectivity index (χ0v) is 16.8. The number of ketones is 1. The van der Waals surface area contributed by atoms with Crippen molar-refractivity contribution < 1.29 is 14.7 Å². The van der Waals surface area contributed by atoms with Crippen molar-refractivity contribution in [3.05, 3.63) is 113 Å². The second-order valence-corrected chi connectivity index (χ2v) is 7.50. The highest BCUT2D eigenvalue weighted by Gasteiger charge is 2.45.